The minimum atomic E-state index is 0.611. The molecule has 3 rings (SSSR count). The normalized spacial score (nSPS) is 10.8. The van der Waals surface area contributed by atoms with Crippen LogP contribution in [0.15, 0.2) is 54.6 Å². The number of aryl methyl sites for hydroxylation is 1. The van der Waals surface area contributed by atoms with Crippen LogP contribution >= 0.6 is 0 Å². The largest absolute Gasteiger partial charge is 0.378 e. The maximum atomic E-state index is 9.62. The van der Waals surface area contributed by atoms with E-state index in [4.69, 9.17) is 0 Å². The Morgan fingerprint density at radius 2 is 1.38 bits per heavy atom. The van der Waals surface area contributed by atoms with E-state index in [0.717, 1.165) is 39.5 Å². The molecule has 0 fully saturated rings. The highest BCUT2D eigenvalue weighted by atomic mass is 15.1. The summed E-state index contributed by atoms with van der Waals surface area (Å²) in [4.78, 5) is 8.80. The number of pyridine rings is 1. The van der Waals surface area contributed by atoms with Crippen molar-refractivity contribution in [1.82, 2.24) is 4.98 Å². The van der Waals surface area contributed by atoms with Crippen molar-refractivity contribution < 1.29 is 0 Å². The first-order valence-corrected chi connectivity index (χ1v) is 9.54. The lowest BCUT2D eigenvalue weighted by Gasteiger charge is -2.13. The second-order valence-corrected chi connectivity index (χ2v) is 7.43. The summed E-state index contributed by atoms with van der Waals surface area (Å²) in [6, 6.07) is 20.9. The number of rotatable bonds is 5. The topological polar surface area (TPSA) is 43.2 Å². The fraction of sp³-hybridized carbons (Fsp3) is 0.200. The molecule has 1 heterocycles. The average molecular weight is 383 g/mol. The molecule has 0 N–H and O–H groups in total. The second-order valence-electron chi connectivity index (χ2n) is 7.43. The van der Waals surface area contributed by atoms with Crippen LogP contribution < -0.4 is 9.80 Å². The van der Waals surface area contributed by atoms with Gasteiger partial charge >= 0.3 is 0 Å². The van der Waals surface area contributed by atoms with Crippen LogP contribution in [0, 0.1) is 18.3 Å². The maximum Gasteiger partial charge on any atom is 0.102 e. The summed E-state index contributed by atoms with van der Waals surface area (Å²) in [6.07, 6.45) is 4.03. The van der Waals surface area contributed by atoms with E-state index in [1.807, 2.05) is 53.3 Å². The number of nitriles is 1. The van der Waals surface area contributed by atoms with Crippen molar-refractivity contribution in [3.8, 4) is 17.3 Å². The summed E-state index contributed by atoms with van der Waals surface area (Å²) in [7, 11) is 8.09. The van der Waals surface area contributed by atoms with Crippen LogP contribution in [0.25, 0.3) is 23.4 Å². The van der Waals surface area contributed by atoms with Gasteiger partial charge in [0, 0.05) is 45.1 Å². The first kappa shape index (κ1) is 20.2. The number of benzene rings is 2. The van der Waals surface area contributed by atoms with Crippen molar-refractivity contribution in [2.75, 3.05) is 38.0 Å². The van der Waals surface area contributed by atoms with Crippen molar-refractivity contribution >= 4 is 23.5 Å². The molecule has 3 aromatic rings. The van der Waals surface area contributed by atoms with Gasteiger partial charge in [-0.25, -0.2) is 0 Å². The van der Waals surface area contributed by atoms with Crippen LogP contribution in [0.1, 0.15) is 22.4 Å². The second kappa shape index (κ2) is 8.62. The van der Waals surface area contributed by atoms with Crippen LogP contribution in [-0.4, -0.2) is 33.2 Å². The number of hydrogen-bond acceptors (Lipinski definition) is 4. The molecular formula is C25H26N4. The molecule has 0 atom stereocenters. The number of nitrogens with zero attached hydrogens (tertiary/aromatic N) is 4. The predicted octanol–water partition coefficient (Wildman–Crippen LogP) is 5.23. The molecule has 0 aliphatic heterocycles. The molecule has 1 aromatic heterocycles. The molecule has 0 spiro atoms. The van der Waals surface area contributed by atoms with Gasteiger partial charge in [0.2, 0.25) is 0 Å². The molecule has 0 saturated carbocycles. The number of aromatic nitrogens is 1. The van der Waals surface area contributed by atoms with E-state index < -0.39 is 0 Å². The van der Waals surface area contributed by atoms with Crippen molar-refractivity contribution in [1.29, 1.82) is 5.26 Å². The molecular weight excluding hydrogens is 356 g/mol. The SMILES string of the molecule is Cc1nc(-c2ccc(N(C)C)cc2)cc(/C=C/c2ccc(N(C)C)cc2)c1C#N. The summed E-state index contributed by atoms with van der Waals surface area (Å²) in [5, 5.41) is 9.62. The zero-order valence-electron chi connectivity index (χ0n) is 17.6. The van der Waals surface area contributed by atoms with Gasteiger partial charge in [-0.1, -0.05) is 36.4 Å². The molecule has 0 unspecified atom stereocenters. The maximum absolute atomic E-state index is 9.62. The Labute approximate surface area is 173 Å². The lowest BCUT2D eigenvalue weighted by molar-refractivity contribution is 1.13. The highest BCUT2D eigenvalue weighted by Crippen LogP contribution is 2.26. The lowest BCUT2D eigenvalue weighted by atomic mass is 10.0. The van der Waals surface area contributed by atoms with Crippen molar-refractivity contribution in [3.63, 3.8) is 0 Å². The highest BCUT2D eigenvalue weighted by Gasteiger charge is 2.09. The molecule has 0 aliphatic carbocycles. The Hall–Kier alpha value is -3.58. The van der Waals surface area contributed by atoms with Gasteiger partial charge in [0.15, 0.2) is 0 Å². The monoisotopic (exact) mass is 382 g/mol. The van der Waals surface area contributed by atoms with Crippen LogP contribution in [0.3, 0.4) is 0 Å². The van der Waals surface area contributed by atoms with Gasteiger partial charge in [0.25, 0.3) is 0 Å². The van der Waals surface area contributed by atoms with Crippen LogP contribution in [-0.2, 0) is 0 Å². The Balaban J connectivity index is 1.96. The van der Waals surface area contributed by atoms with Crippen molar-refractivity contribution in [3.05, 3.63) is 77.0 Å². The third-order valence-electron chi connectivity index (χ3n) is 4.89. The Morgan fingerprint density at radius 1 is 0.828 bits per heavy atom. The standard InChI is InChI=1S/C25H26N4/c1-18-24(17-26)21(9-6-19-7-12-22(13-8-19)28(2)3)16-25(27-18)20-10-14-23(15-11-20)29(4)5/h6-16H,1-5H3/b9-6+. The summed E-state index contributed by atoms with van der Waals surface area (Å²) in [6.45, 7) is 1.89. The van der Waals surface area contributed by atoms with E-state index in [0.29, 0.717) is 5.56 Å². The van der Waals surface area contributed by atoms with E-state index in [1.54, 1.807) is 0 Å². The Kier molecular flexibility index (Phi) is 5.99. The van der Waals surface area contributed by atoms with Crippen LogP contribution in [0.4, 0.5) is 11.4 Å². The van der Waals surface area contributed by atoms with Gasteiger partial charge < -0.3 is 9.80 Å². The van der Waals surface area contributed by atoms with Gasteiger partial charge in [0.05, 0.1) is 17.0 Å². The highest BCUT2D eigenvalue weighted by molar-refractivity contribution is 5.76. The first-order chi connectivity index (χ1) is 13.9. The molecule has 0 bridgehead atoms. The molecule has 0 amide bonds. The zero-order valence-corrected chi connectivity index (χ0v) is 17.6. The van der Waals surface area contributed by atoms with E-state index in [1.165, 1.54) is 0 Å². The van der Waals surface area contributed by atoms with E-state index in [-0.39, 0.29) is 0 Å². The molecule has 4 heteroatoms. The number of hydrogen-bond donors (Lipinski definition) is 0. The minimum Gasteiger partial charge on any atom is -0.378 e. The van der Waals surface area contributed by atoms with Gasteiger partial charge in [0.1, 0.15) is 6.07 Å². The van der Waals surface area contributed by atoms with Gasteiger partial charge in [-0.3, -0.25) is 4.98 Å². The van der Waals surface area contributed by atoms with Gasteiger partial charge in [-0.05, 0) is 48.4 Å². The van der Waals surface area contributed by atoms with Crippen molar-refractivity contribution in [2.24, 2.45) is 0 Å². The first-order valence-electron chi connectivity index (χ1n) is 9.54. The van der Waals surface area contributed by atoms with Crippen LogP contribution in [0.2, 0.25) is 0 Å². The molecule has 146 valence electrons. The minimum absolute atomic E-state index is 0.611. The number of anilines is 2. The smallest absolute Gasteiger partial charge is 0.102 e. The fourth-order valence-corrected chi connectivity index (χ4v) is 3.12. The van der Waals surface area contributed by atoms with Crippen molar-refractivity contribution in [2.45, 2.75) is 6.92 Å². The molecule has 0 aliphatic rings. The summed E-state index contributed by atoms with van der Waals surface area (Å²) >= 11 is 0. The summed E-state index contributed by atoms with van der Waals surface area (Å²) in [5.74, 6) is 0. The third-order valence-corrected chi connectivity index (χ3v) is 4.89. The third kappa shape index (κ3) is 4.64. The fourth-order valence-electron chi connectivity index (χ4n) is 3.12. The summed E-state index contributed by atoms with van der Waals surface area (Å²) < 4.78 is 0. The Bertz CT molecular complexity index is 1050. The van der Waals surface area contributed by atoms with E-state index in [2.05, 4.69) is 69.4 Å². The molecule has 4 nitrogen and oxygen atoms in total. The summed E-state index contributed by atoms with van der Waals surface area (Å²) in [5.41, 5.74) is 7.52. The predicted molar refractivity (Wildman–Crippen MR) is 123 cm³/mol. The molecule has 0 radical (unpaired) electrons. The molecule has 29 heavy (non-hydrogen) atoms. The molecule has 2 aromatic carbocycles. The zero-order chi connectivity index (χ0) is 21.0. The van der Waals surface area contributed by atoms with Crippen LogP contribution in [0.5, 0.6) is 0 Å². The van der Waals surface area contributed by atoms with E-state index >= 15 is 0 Å². The quantitative estimate of drug-likeness (QED) is 0.606. The molecule has 0 saturated heterocycles. The lowest BCUT2D eigenvalue weighted by Crippen LogP contribution is -2.08. The average Bonchev–Trinajstić information content (AvgIpc) is 2.72. The van der Waals surface area contributed by atoms with Gasteiger partial charge in [-0.2, -0.15) is 5.26 Å². The Morgan fingerprint density at radius 3 is 1.90 bits per heavy atom. The van der Waals surface area contributed by atoms with Gasteiger partial charge in [-0.15, -0.1) is 0 Å². The van der Waals surface area contributed by atoms with E-state index in [9.17, 15) is 5.26 Å².